The molecule has 0 aliphatic carbocycles. The summed E-state index contributed by atoms with van der Waals surface area (Å²) in [5.74, 6) is 0.390. The highest BCUT2D eigenvalue weighted by Gasteiger charge is 2.27. The van der Waals surface area contributed by atoms with Gasteiger partial charge in [0.2, 0.25) is 0 Å². The molecule has 5 nitrogen and oxygen atoms in total. The van der Waals surface area contributed by atoms with Crippen LogP contribution < -0.4 is 10.6 Å². The topological polar surface area (TPSA) is 74.5 Å². The number of rotatable bonds is 3. The molecular formula is C15H15ClN2O3. The first-order valence-electron chi connectivity index (χ1n) is 6.69. The summed E-state index contributed by atoms with van der Waals surface area (Å²) in [5, 5.41) is 16.0. The van der Waals surface area contributed by atoms with Crippen LogP contribution in [0.4, 0.5) is 0 Å². The molecule has 2 heterocycles. The molecule has 21 heavy (non-hydrogen) atoms. The highest BCUT2D eigenvalue weighted by atomic mass is 35.5. The average Bonchev–Trinajstić information content (AvgIpc) is 3.09. The quantitative estimate of drug-likeness (QED) is 0.806. The summed E-state index contributed by atoms with van der Waals surface area (Å²) in [5.41, 5.74) is 0.737. The molecule has 0 unspecified atom stereocenters. The summed E-state index contributed by atoms with van der Waals surface area (Å²) in [4.78, 5) is 12.1. The number of hydrogen-bond acceptors (Lipinski definition) is 4. The fourth-order valence-corrected chi connectivity index (χ4v) is 2.55. The normalized spacial score (nSPS) is 21.4. The summed E-state index contributed by atoms with van der Waals surface area (Å²) in [6.45, 7) is 1.03. The molecule has 0 spiro atoms. The first kappa shape index (κ1) is 14.1. The first-order valence-corrected chi connectivity index (χ1v) is 7.07. The van der Waals surface area contributed by atoms with Gasteiger partial charge in [0.05, 0.1) is 17.2 Å². The molecule has 0 radical (unpaired) electrons. The van der Waals surface area contributed by atoms with Gasteiger partial charge in [-0.15, -0.1) is 0 Å². The second kappa shape index (κ2) is 5.89. The van der Waals surface area contributed by atoms with E-state index in [1.54, 1.807) is 18.2 Å². The minimum atomic E-state index is -0.577. The van der Waals surface area contributed by atoms with Gasteiger partial charge in [-0.25, -0.2) is 0 Å². The lowest BCUT2D eigenvalue weighted by Gasteiger charge is -2.14. The SMILES string of the molecule is O=C(N[C@@H]1CNC[C@H]1O)c1ccc(-c2ccccc2Cl)o1. The number of β-amino-alcohol motifs (C(OH)–C–C–N with tert-alkyl or cyclic N) is 1. The summed E-state index contributed by atoms with van der Waals surface area (Å²) < 4.78 is 5.56. The van der Waals surface area contributed by atoms with Crippen molar-refractivity contribution in [2.24, 2.45) is 0 Å². The lowest BCUT2D eigenvalue weighted by atomic mass is 10.2. The second-order valence-electron chi connectivity index (χ2n) is 4.95. The first-order chi connectivity index (χ1) is 10.1. The van der Waals surface area contributed by atoms with Gasteiger partial charge in [-0.2, -0.15) is 0 Å². The number of halogens is 1. The molecule has 0 bridgehead atoms. The van der Waals surface area contributed by atoms with E-state index in [-0.39, 0.29) is 17.7 Å². The van der Waals surface area contributed by atoms with E-state index in [0.717, 1.165) is 5.56 Å². The lowest BCUT2D eigenvalue weighted by molar-refractivity contribution is 0.0862. The van der Waals surface area contributed by atoms with Crippen molar-refractivity contribution in [2.75, 3.05) is 13.1 Å². The fraction of sp³-hybridized carbons (Fsp3) is 0.267. The number of nitrogens with one attached hydrogen (secondary N) is 2. The van der Waals surface area contributed by atoms with Crippen LogP contribution >= 0.6 is 11.6 Å². The predicted octanol–water partition coefficient (Wildman–Crippen LogP) is 1.66. The Hall–Kier alpha value is -1.82. The summed E-state index contributed by atoms with van der Waals surface area (Å²) >= 11 is 6.10. The van der Waals surface area contributed by atoms with Crippen LogP contribution in [0, 0.1) is 0 Å². The zero-order valence-corrected chi connectivity index (χ0v) is 11.9. The Morgan fingerprint density at radius 2 is 2.10 bits per heavy atom. The molecule has 1 fully saturated rings. The van der Waals surface area contributed by atoms with Gasteiger partial charge in [-0.05, 0) is 24.3 Å². The van der Waals surface area contributed by atoms with Crippen molar-refractivity contribution in [2.45, 2.75) is 12.1 Å². The summed E-state index contributed by atoms with van der Waals surface area (Å²) in [6.07, 6.45) is -0.577. The van der Waals surface area contributed by atoms with E-state index in [1.807, 2.05) is 18.2 Å². The van der Waals surface area contributed by atoms with Crippen molar-refractivity contribution in [3.63, 3.8) is 0 Å². The number of carbonyl (C=O) groups is 1. The van der Waals surface area contributed by atoms with Gasteiger partial charge >= 0.3 is 0 Å². The molecule has 1 amide bonds. The van der Waals surface area contributed by atoms with Crippen LogP contribution in [0.1, 0.15) is 10.6 Å². The van der Waals surface area contributed by atoms with E-state index in [1.165, 1.54) is 0 Å². The Morgan fingerprint density at radius 3 is 2.81 bits per heavy atom. The van der Waals surface area contributed by atoms with Crippen molar-refractivity contribution in [1.82, 2.24) is 10.6 Å². The number of aliphatic hydroxyl groups excluding tert-OH is 1. The molecule has 1 aromatic carbocycles. The number of benzene rings is 1. The summed E-state index contributed by atoms with van der Waals surface area (Å²) in [6, 6.07) is 10.3. The molecule has 1 aliphatic heterocycles. The second-order valence-corrected chi connectivity index (χ2v) is 5.36. The maximum atomic E-state index is 12.1. The molecule has 110 valence electrons. The van der Waals surface area contributed by atoms with Crippen LogP contribution in [0.25, 0.3) is 11.3 Å². The van der Waals surface area contributed by atoms with Crippen LogP contribution in [-0.4, -0.2) is 36.2 Å². The Bertz CT molecular complexity index is 656. The van der Waals surface area contributed by atoms with Crippen LogP contribution in [0.3, 0.4) is 0 Å². The number of furan rings is 1. The summed E-state index contributed by atoms with van der Waals surface area (Å²) in [7, 11) is 0. The zero-order chi connectivity index (χ0) is 14.8. The molecule has 2 aromatic rings. The zero-order valence-electron chi connectivity index (χ0n) is 11.2. The Labute approximate surface area is 126 Å². The van der Waals surface area contributed by atoms with Gasteiger partial charge in [0, 0.05) is 18.7 Å². The molecule has 1 saturated heterocycles. The van der Waals surface area contributed by atoms with Gasteiger partial charge in [0.15, 0.2) is 5.76 Å². The Morgan fingerprint density at radius 1 is 1.29 bits per heavy atom. The Kier molecular flexibility index (Phi) is 3.96. The smallest absolute Gasteiger partial charge is 0.287 e. The highest BCUT2D eigenvalue weighted by molar-refractivity contribution is 6.33. The van der Waals surface area contributed by atoms with Crippen molar-refractivity contribution in [3.05, 3.63) is 47.2 Å². The number of amides is 1. The van der Waals surface area contributed by atoms with Gasteiger partial charge in [0.1, 0.15) is 5.76 Å². The molecule has 1 aromatic heterocycles. The number of carbonyl (C=O) groups excluding carboxylic acids is 1. The van der Waals surface area contributed by atoms with E-state index in [4.69, 9.17) is 16.0 Å². The van der Waals surface area contributed by atoms with Crippen LogP contribution in [0.5, 0.6) is 0 Å². The maximum absolute atomic E-state index is 12.1. The minimum Gasteiger partial charge on any atom is -0.451 e. The molecule has 3 rings (SSSR count). The monoisotopic (exact) mass is 306 g/mol. The Balaban J connectivity index is 1.76. The maximum Gasteiger partial charge on any atom is 0.287 e. The average molecular weight is 307 g/mol. The van der Waals surface area contributed by atoms with Crippen LogP contribution in [0.15, 0.2) is 40.8 Å². The lowest BCUT2D eigenvalue weighted by Crippen LogP contribution is -2.42. The van der Waals surface area contributed by atoms with E-state index in [2.05, 4.69) is 10.6 Å². The van der Waals surface area contributed by atoms with Crippen molar-refractivity contribution in [3.8, 4) is 11.3 Å². The molecule has 3 N–H and O–H groups in total. The molecule has 1 aliphatic rings. The van der Waals surface area contributed by atoms with Gasteiger partial charge in [-0.1, -0.05) is 23.7 Å². The van der Waals surface area contributed by atoms with Crippen molar-refractivity contribution >= 4 is 17.5 Å². The third-order valence-electron chi connectivity index (χ3n) is 3.47. The van der Waals surface area contributed by atoms with Gasteiger partial charge < -0.3 is 20.2 Å². The minimum absolute atomic E-state index is 0.198. The molecule has 6 heteroatoms. The van der Waals surface area contributed by atoms with E-state index in [9.17, 15) is 9.90 Å². The van der Waals surface area contributed by atoms with Crippen molar-refractivity contribution in [1.29, 1.82) is 0 Å². The highest BCUT2D eigenvalue weighted by Crippen LogP contribution is 2.29. The van der Waals surface area contributed by atoms with Crippen LogP contribution in [0.2, 0.25) is 5.02 Å². The molecule has 0 saturated carbocycles. The predicted molar refractivity (Wildman–Crippen MR) is 79.3 cm³/mol. The third kappa shape index (κ3) is 2.95. The van der Waals surface area contributed by atoms with Crippen molar-refractivity contribution < 1.29 is 14.3 Å². The third-order valence-corrected chi connectivity index (χ3v) is 3.80. The van der Waals surface area contributed by atoms with E-state index in [0.29, 0.717) is 23.9 Å². The molecular weight excluding hydrogens is 292 g/mol. The van der Waals surface area contributed by atoms with Crippen LogP contribution in [-0.2, 0) is 0 Å². The largest absolute Gasteiger partial charge is 0.451 e. The van der Waals surface area contributed by atoms with E-state index < -0.39 is 6.10 Å². The van der Waals surface area contributed by atoms with E-state index >= 15 is 0 Å². The molecule has 2 atom stereocenters. The number of hydrogen-bond donors (Lipinski definition) is 3. The number of aliphatic hydroxyl groups is 1. The van der Waals surface area contributed by atoms with Gasteiger partial charge in [-0.3, -0.25) is 4.79 Å². The standard InChI is InChI=1S/C15H15ClN2O3/c16-10-4-2-1-3-9(10)13-5-6-14(21-13)15(20)18-11-7-17-8-12(11)19/h1-6,11-12,17,19H,7-8H2,(H,18,20)/t11-,12-/m1/s1. The fourth-order valence-electron chi connectivity index (χ4n) is 2.32. The van der Waals surface area contributed by atoms with Gasteiger partial charge in [0.25, 0.3) is 5.91 Å².